The van der Waals surface area contributed by atoms with Crippen molar-refractivity contribution in [2.24, 2.45) is 0 Å². The lowest BCUT2D eigenvalue weighted by Gasteiger charge is -2.37. The number of para-hydroxylation sites is 1. The van der Waals surface area contributed by atoms with E-state index >= 15 is 0 Å². The Labute approximate surface area is 169 Å². The fraction of sp³-hybridized carbons (Fsp3) is 0.500. The first-order valence-corrected chi connectivity index (χ1v) is 9.64. The Kier molecular flexibility index (Phi) is 7.08. The van der Waals surface area contributed by atoms with E-state index in [2.05, 4.69) is 10.3 Å². The Bertz CT molecular complexity index is 845. The van der Waals surface area contributed by atoms with Crippen LogP contribution in [0.3, 0.4) is 0 Å². The SMILES string of the molecule is COCCNC(=O)CN1CCN([C@H](C(=O)O)c2c[nH]c3c(OC)cccc23)CC1. The van der Waals surface area contributed by atoms with Gasteiger partial charge in [0.25, 0.3) is 0 Å². The van der Waals surface area contributed by atoms with Gasteiger partial charge in [0.1, 0.15) is 11.8 Å². The lowest BCUT2D eigenvalue weighted by atomic mass is 10.0. The highest BCUT2D eigenvalue weighted by Gasteiger charge is 2.32. The molecule has 0 saturated carbocycles. The summed E-state index contributed by atoms with van der Waals surface area (Å²) >= 11 is 0. The van der Waals surface area contributed by atoms with Gasteiger partial charge in [-0.05, 0) is 6.07 Å². The molecule has 1 fully saturated rings. The molecule has 3 N–H and O–H groups in total. The van der Waals surface area contributed by atoms with Gasteiger partial charge in [0.2, 0.25) is 5.91 Å². The molecule has 0 radical (unpaired) electrons. The standard InChI is InChI=1S/C20H28N4O5/c1-28-11-6-21-17(25)13-23-7-9-24(10-8-23)19(20(26)27)15-12-22-18-14(15)4-3-5-16(18)29-2/h3-5,12,19,22H,6-11,13H2,1-2H3,(H,21,25)(H,26,27)/t19-/m0/s1. The van der Waals surface area contributed by atoms with Crippen molar-refractivity contribution in [2.75, 3.05) is 60.1 Å². The van der Waals surface area contributed by atoms with Gasteiger partial charge in [-0.2, -0.15) is 0 Å². The number of carbonyl (C=O) groups excluding carboxylic acids is 1. The van der Waals surface area contributed by atoms with Gasteiger partial charge in [0.05, 0.1) is 25.8 Å². The van der Waals surface area contributed by atoms with Crippen LogP contribution >= 0.6 is 0 Å². The maximum Gasteiger partial charge on any atom is 0.325 e. The van der Waals surface area contributed by atoms with Crippen molar-refractivity contribution in [3.05, 3.63) is 30.0 Å². The summed E-state index contributed by atoms with van der Waals surface area (Å²) in [6.07, 6.45) is 1.75. The van der Waals surface area contributed by atoms with Crippen LogP contribution in [0, 0.1) is 0 Å². The Morgan fingerprint density at radius 3 is 2.66 bits per heavy atom. The number of hydrogen-bond donors (Lipinski definition) is 3. The minimum absolute atomic E-state index is 0.0472. The number of carboxylic acids is 1. The van der Waals surface area contributed by atoms with Gasteiger partial charge < -0.3 is 24.9 Å². The number of aliphatic carboxylic acids is 1. The number of H-pyrrole nitrogens is 1. The number of amides is 1. The molecule has 1 aliphatic heterocycles. The number of nitrogens with zero attached hydrogens (tertiary/aromatic N) is 2. The van der Waals surface area contributed by atoms with Crippen LogP contribution in [0.25, 0.3) is 10.9 Å². The van der Waals surface area contributed by atoms with Gasteiger partial charge in [-0.15, -0.1) is 0 Å². The van der Waals surface area contributed by atoms with E-state index in [1.807, 2.05) is 28.0 Å². The topological polar surface area (TPSA) is 107 Å². The maximum atomic E-state index is 12.1. The number of rotatable bonds is 9. The number of nitrogens with one attached hydrogen (secondary N) is 2. The Morgan fingerprint density at radius 2 is 2.00 bits per heavy atom. The molecule has 0 bridgehead atoms. The number of aromatic amines is 1. The van der Waals surface area contributed by atoms with Gasteiger partial charge in [-0.3, -0.25) is 19.4 Å². The maximum absolute atomic E-state index is 12.1. The van der Waals surface area contributed by atoms with E-state index in [0.29, 0.717) is 51.6 Å². The molecule has 158 valence electrons. The number of benzene rings is 1. The minimum Gasteiger partial charge on any atom is -0.495 e. The van der Waals surface area contributed by atoms with Gasteiger partial charge in [0.15, 0.2) is 0 Å². The van der Waals surface area contributed by atoms with Crippen LogP contribution in [0.4, 0.5) is 0 Å². The quantitative estimate of drug-likeness (QED) is 0.528. The molecule has 1 aromatic heterocycles. The average molecular weight is 404 g/mol. The molecule has 1 amide bonds. The van der Waals surface area contributed by atoms with Crippen molar-refractivity contribution < 1.29 is 24.2 Å². The zero-order valence-corrected chi connectivity index (χ0v) is 16.8. The summed E-state index contributed by atoms with van der Waals surface area (Å²) in [6, 6.07) is 4.85. The van der Waals surface area contributed by atoms with E-state index in [-0.39, 0.29) is 5.91 Å². The van der Waals surface area contributed by atoms with Gasteiger partial charge in [-0.1, -0.05) is 12.1 Å². The molecule has 0 unspecified atom stereocenters. The van der Waals surface area contributed by atoms with Crippen molar-refractivity contribution in [1.82, 2.24) is 20.1 Å². The first-order chi connectivity index (χ1) is 14.0. The van der Waals surface area contributed by atoms with Gasteiger partial charge in [0, 0.05) is 57.0 Å². The molecule has 9 heteroatoms. The molecular formula is C20H28N4O5. The summed E-state index contributed by atoms with van der Waals surface area (Å²) in [4.78, 5) is 31.2. The monoisotopic (exact) mass is 404 g/mol. The highest BCUT2D eigenvalue weighted by Crippen LogP contribution is 2.33. The van der Waals surface area contributed by atoms with Crippen LogP contribution in [-0.2, 0) is 14.3 Å². The molecule has 1 saturated heterocycles. The molecule has 1 aromatic carbocycles. The summed E-state index contributed by atoms with van der Waals surface area (Å²) in [7, 11) is 3.18. The Hall–Kier alpha value is -2.62. The lowest BCUT2D eigenvalue weighted by Crippen LogP contribution is -2.51. The number of ether oxygens (including phenoxy) is 2. The summed E-state index contributed by atoms with van der Waals surface area (Å²) in [6.45, 7) is 3.67. The highest BCUT2D eigenvalue weighted by molar-refractivity contribution is 5.92. The van der Waals surface area contributed by atoms with Crippen molar-refractivity contribution in [3.63, 3.8) is 0 Å². The molecule has 1 atom stereocenters. The second-order valence-corrected chi connectivity index (χ2v) is 7.02. The zero-order chi connectivity index (χ0) is 20.8. The van der Waals surface area contributed by atoms with Gasteiger partial charge in [-0.25, -0.2) is 0 Å². The van der Waals surface area contributed by atoms with Gasteiger partial charge >= 0.3 is 5.97 Å². The predicted molar refractivity (Wildman–Crippen MR) is 108 cm³/mol. The zero-order valence-electron chi connectivity index (χ0n) is 16.8. The molecule has 1 aliphatic rings. The largest absolute Gasteiger partial charge is 0.495 e. The van der Waals surface area contributed by atoms with Crippen molar-refractivity contribution in [1.29, 1.82) is 0 Å². The molecule has 2 aromatic rings. The van der Waals surface area contributed by atoms with Crippen molar-refractivity contribution in [2.45, 2.75) is 6.04 Å². The number of carbonyl (C=O) groups is 2. The molecular weight excluding hydrogens is 376 g/mol. The molecule has 0 spiro atoms. The second kappa shape index (κ2) is 9.73. The summed E-state index contributed by atoms with van der Waals surface area (Å²) < 4.78 is 10.3. The number of piperazine rings is 1. The van der Waals surface area contributed by atoms with E-state index in [1.54, 1.807) is 20.4 Å². The molecule has 9 nitrogen and oxygen atoms in total. The van der Waals surface area contributed by atoms with E-state index in [0.717, 1.165) is 16.5 Å². The molecule has 0 aliphatic carbocycles. The average Bonchev–Trinajstić information content (AvgIpc) is 3.13. The van der Waals surface area contributed by atoms with Crippen LogP contribution in [0.2, 0.25) is 0 Å². The number of fused-ring (bicyclic) bond motifs is 1. The normalized spacial score (nSPS) is 16.6. The van der Waals surface area contributed by atoms with Crippen molar-refractivity contribution >= 4 is 22.8 Å². The minimum atomic E-state index is -0.889. The first-order valence-electron chi connectivity index (χ1n) is 9.64. The number of carboxylic acid groups (broad SMARTS) is 1. The lowest BCUT2D eigenvalue weighted by molar-refractivity contribution is -0.144. The highest BCUT2D eigenvalue weighted by atomic mass is 16.5. The Morgan fingerprint density at radius 1 is 1.24 bits per heavy atom. The van der Waals surface area contributed by atoms with Crippen LogP contribution in [0.15, 0.2) is 24.4 Å². The Balaban J connectivity index is 1.66. The third-order valence-electron chi connectivity index (χ3n) is 5.23. The third kappa shape index (κ3) is 4.87. The van der Waals surface area contributed by atoms with Crippen molar-refractivity contribution in [3.8, 4) is 5.75 Å². The number of aromatic nitrogens is 1. The fourth-order valence-corrected chi connectivity index (χ4v) is 3.76. The summed E-state index contributed by atoms with van der Waals surface area (Å²) in [5.41, 5.74) is 1.51. The third-order valence-corrected chi connectivity index (χ3v) is 5.23. The van der Waals surface area contributed by atoms with E-state index in [9.17, 15) is 14.7 Å². The summed E-state index contributed by atoms with van der Waals surface area (Å²) in [5, 5.41) is 13.6. The summed E-state index contributed by atoms with van der Waals surface area (Å²) in [5.74, 6) is -0.254. The van der Waals surface area contributed by atoms with E-state index in [1.165, 1.54) is 0 Å². The second-order valence-electron chi connectivity index (χ2n) is 7.02. The first kappa shape index (κ1) is 21.1. The number of hydrogen-bond acceptors (Lipinski definition) is 6. The number of methoxy groups -OCH3 is 2. The predicted octanol–water partition coefficient (Wildman–Crippen LogP) is 0.682. The smallest absolute Gasteiger partial charge is 0.325 e. The fourth-order valence-electron chi connectivity index (χ4n) is 3.76. The van der Waals surface area contributed by atoms with Crippen LogP contribution < -0.4 is 10.1 Å². The molecule has 3 rings (SSSR count). The van der Waals surface area contributed by atoms with E-state index < -0.39 is 12.0 Å². The van der Waals surface area contributed by atoms with Crippen LogP contribution in [0.5, 0.6) is 5.75 Å². The van der Waals surface area contributed by atoms with E-state index in [4.69, 9.17) is 9.47 Å². The molecule has 29 heavy (non-hydrogen) atoms. The molecule has 2 heterocycles. The van der Waals surface area contributed by atoms with Crippen LogP contribution in [-0.4, -0.2) is 91.9 Å². The van der Waals surface area contributed by atoms with Crippen LogP contribution in [0.1, 0.15) is 11.6 Å².